The molecule has 1 atom stereocenters. The van der Waals surface area contributed by atoms with E-state index in [4.69, 9.17) is 9.47 Å². The topological polar surface area (TPSA) is 97.8 Å². The molecule has 0 radical (unpaired) electrons. The minimum absolute atomic E-state index is 0.0610. The number of carboxylic acid groups (broad SMARTS) is 1. The quantitative estimate of drug-likeness (QED) is 0.358. The van der Waals surface area contributed by atoms with Crippen molar-refractivity contribution in [3.8, 4) is 11.6 Å². The van der Waals surface area contributed by atoms with Crippen molar-refractivity contribution in [3.05, 3.63) is 65.2 Å². The van der Waals surface area contributed by atoms with Gasteiger partial charge in [0.15, 0.2) is 5.75 Å². The maximum absolute atomic E-state index is 13.5. The van der Waals surface area contributed by atoms with E-state index in [9.17, 15) is 41.0 Å². The van der Waals surface area contributed by atoms with Gasteiger partial charge in [-0.2, -0.15) is 26.3 Å². The van der Waals surface area contributed by atoms with Crippen LogP contribution in [0.15, 0.2) is 48.5 Å². The van der Waals surface area contributed by atoms with E-state index >= 15 is 0 Å². The van der Waals surface area contributed by atoms with Crippen molar-refractivity contribution in [2.45, 2.75) is 38.8 Å². The standard InChI is InChI=1S/C25H22F6N2O5/c1-23(2,25(29,30)31)20(22(35)36)33-21(34)16-10-6-14-7-11-17(37-3)32-18(14)19(16)38-12-13-4-8-15(9-5-13)24(26,27)28/h4-11,20H,12H2,1-3H3,(H,33,34)(H,35,36). The van der Waals surface area contributed by atoms with E-state index in [0.717, 1.165) is 24.3 Å². The number of nitrogens with zero attached hydrogens (tertiary/aromatic N) is 1. The van der Waals surface area contributed by atoms with Crippen molar-refractivity contribution in [2.75, 3.05) is 7.11 Å². The molecule has 0 fully saturated rings. The number of methoxy groups -OCH3 is 1. The fourth-order valence-electron chi connectivity index (χ4n) is 3.45. The van der Waals surface area contributed by atoms with Crippen molar-refractivity contribution in [1.29, 1.82) is 0 Å². The van der Waals surface area contributed by atoms with Crippen LogP contribution >= 0.6 is 0 Å². The molecule has 204 valence electrons. The summed E-state index contributed by atoms with van der Waals surface area (Å²) in [6.07, 6.45) is -9.52. The van der Waals surface area contributed by atoms with Crippen LogP contribution in [0.25, 0.3) is 10.9 Å². The lowest BCUT2D eigenvalue weighted by Crippen LogP contribution is -2.56. The van der Waals surface area contributed by atoms with Gasteiger partial charge in [-0.1, -0.05) is 18.2 Å². The Balaban J connectivity index is 2.03. The van der Waals surface area contributed by atoms with Gasteiger partial charge >= 0.3 is 18.3 Å². The summed E-state index contributed by atoms with van der Waals surface area (Å²) in [4.78, 5) is 29.0. The molecule has 3 rings (SSSR count). The van der Waals surface area contributed by atoms with Crippen LogP contribution in [0.2, 0.25) is 0 Å². The van der Waals surface area contributed by atoms with Crippen LogP contribution in [-0.4, -0.2) is 41.3 Å². The molecular formula is C25H22F6N2O5. The molecule has 2 N–H and O–H groups in total. The molecule has 0 aliphatic rings. The van der Waals surface area contributed by atoms with Crippen LogP contribution in [0, 0.1) is 5.41 Å². The summed E-state index contributed by atoms with van der Waals surface area (Å²) in [5.74, 6) is -3.22. The fraction of sp³-hybridized carbons (Fsp3) is 0.320. The van der Waals surface area contributed by atoms with Crippen molar-refractivity contribution in [1.82, 2.24) is 10.3 Å². The summed E-state index contributed by atoms with van der Waals surface area (Å²) in [6.45, 7) is 0.939. The molecule has 1 unspecified atom stereocenters. The number of nitrogens with one attached hydrogen (secondary N) is 1. The molecule has 2 aromatic carbocycles. The first-order chi connectivity index (χ1) is 17.6. The zero-order valence-corrected chi connectivity index (χ0v) is 20.2. The number of aliphatic carboxylic acids is 1. The largest absolute Gasteiger partial charge is 0.486 e. The Hall–Kier alpha value is -4.03. The van der Waals surface area contributed by atoms with Crippen molar-refractivity contribution in [3.63, 3.8) is 0 Å². The molecule has 1 aromatic heterocycles. The van der Waals surface area contributed by atoms with Gasteiger partial charge in [-0.3, -0.25) is 4.79 Å². The summed E-state index contributed by atoms with van der Waals surface area (Å²) >= 11 is 0. The van der Waals surface area contributed by atoms with Gasteiger partial charge in [0.05, 0.1) is 23.7 Å². The Bertz CT molecular complexity index is 1340. The summed E-state index contributed by atoms with van der Waals surface area (Å²) < 4.78 is 90.1. The molecule has 38 heavy (non-hydrogen) atoms. The number of benzene rings is 2. The van der Waals surface area contributed by atoms with E-state index in [1.165, 1.54) is 25.3 Å². The van der Waals surface area contributed by atoms with E-state index in [1.54, 1.807) is 6.07 Å². The number of alkyl halides is 6. The van der Waals surface area contributed by atoms with E-state index in [0.29, 0.717) is 19.2 Å². The van der Waals surface area contributed by atoms with Gasteiger partial charge in [0, 0.05) is 11.5 Å². The van der Waals surface area contributed by atoms with Crippen LogP contribution in [0.5, 0.6) is 11.6 Å². The minimum Gasteiger partial charge on any atom is -0.486 e. The summed E-state index contributed by atoms with van der Waals surface area (Å²) in [6, 6.07) is 7.36. The number of halogens is 6. The second-order valence-corrected chi connectivity index (χ2v) is 8.82. The predicted molar refractivity (Wildman–Crippen MR) is 123 cm³/mol. The normalized spacial score (nSPS) is 13.2. The van der Waals surface area contributed by atoms with Crippen molar-refractivity contribution in [2.24, 2.45) is 5.41 Å². The summed E-state index contributed by atoms with van der Waals surface area (Å²) in [7, 11) is 1.32. The third kappa shape index (κ3) is 5.92. The first-order valence-electron chi connectivity index (χ1n) is 10.9. The minimum atomic E-state index is -4.97. The highest BCUT2D eigenvalue weighted by atomic mass is 19.4. The average molecular weight is 544 g/mol. The number of carboxylic acids is 1. The lowest BCUT2D eigenvalue weighted by Gasteiger charge is -2.33. The lowest BCUT2D eigenvalue weighted by atomic mass is 9.83. The van der Waals surface area contributed by atoms with E-state index in [1.807, 2.05) is 5.32 Å². The number of pyridine rings is 1. The van der Waals surface area contributed by atoms with Gasteiger partial charge in [0.2, 0.25) is 5.88 Å². The Kier molecular flexibility index (Phi) is 7.80. The second kappa shape index (κ2) is 10.4. The molecule has 0 saturated heterocycles. The van der Waals surface area contributed by atoms with Crippen LogP contribution < -0.4 is 14.8 Å². The number of rotatable bonds is 8. The molecule has 0 aliphatic carbocycles. The van der Waals surface area contributed by atoms with Gasteiger partial charge in [-0.25, -0.2) is 9.78 Å². The van der Waals surface area contributed by atoms with Crippen molar-refractivity contribution >= 4 is 22.8 Å². The van der Waals surface area contributed by atoms with Crippen LogP contribution in [0.4, 0.5) is 26.3 Å². The highest BCUT2D eigenvalue weighted by Crippen LogP contribution is 2.41. The molecule has 3 aromatic rings. The van der Waals surface area contributed by atoms with E-state index in [2.05, 4.69) is 4.98 Å². The molecule has 13 heteroatoms. The Morgan fingerprint density at radius 2 is 1.58 bits per heavy atom. The molecule has 7 nitrogen and oxygen atoms in total. The predicted octanol–water partition coefficient (Wildman–Crippen LogP) is 5.61. The fourth-order valence-corrected chi connectivity index (χ4v) is 3.45. The smallest absolute Gasteiger partial charge is 0.416 e. The number of ether oxygens (including phenoxy) is 2. The maximum Gasteiger partial charge on any atom is 0.416 e. The monoisotopic (exact) mass is 544 g/mol. The highest BCUT2D eigenvalue weighted by Gasteiger charge is 2.55. The number of carbonyl (C=O) groups excluding carboxylic acids is 1. The number of carbonyl (C=O) groups is 2. The van der Waals surface area contributed by atoms with Gasteiger partial charge < -0.3 is 19.9 Å². The zero-order chi connectivity index (χ0) is 28.5. The average Bonchev–Trinajstić information content (AvgIpc) is 2.83. The molecule has 0 saturated carbocycles. The number of amides is 1. The second-order valence-electron chi connectivity index (χ2n) is 8.82. The van der Waals surface area contributed by atoms with Gasteiger partial charge in [0.1, 0.15) is 18.2 Å². The maximum atomic E-state index is 13.5. The number of hydrogen-bond donors (Lipinski definition) is 2. The Morgan fingerprint density at radius 3 is 2.11 bits per heavy atom. The molecule has 1 amide bonds. The van der Waals surface area contributed by atoms with Crippen LogP contribution in [0.3, 0.4) is 0 Å². The Labute approximate surface area is 212 Å². The Morgan fingerprint density at radius 1 is 0.974 bits per heavy atom. The zero-order valence-electron chi connectivity index (χ0n) is 20.2. The van der Waals surface area contributed by atoms with Gasteiger partial charge in [-0.15, -0.1) is 0 Å². The van der Waals surface area contributed by atoms with Gasteiger partial charge in [0.25, 0.3) is 5.91 Å². The summed E-state index contributed by atoms with van der Waals surface area (Å²) in [5, 5.41) is 11.8. The molecule has 0 bridgehead atoms. The number of hydrogen-bond acceptors (Lipinski definition) is 5. The first kappa shape index (κ1) is 28.5. The third-order valence-corrected chi connectivity index (χ3v) is 5.88. The molecule has 1 heterocycles. The van der Waals surface area contributed by atoms with Crippen LogP contribution in [0.1, 0.15) is 35.3 Å². The first-order valence-corrected chi connectivity index (χ1v) is 10.9. The molecular weight excluding hydrogens is 522 g/mol. The number of aromatic nitrogens is 1. The molecule has 0 aliphatic heterocycles. The highest BCUT2D eigenvalue weighted by molar-refractivity contribution is 6.04. The SMILES string of the molecule is COc1ccc2ccc(C(=O)NC(C(=O)O)C(C)(C)C(F)(F)F)c(OCc3ccc(C(F)(F)F)cc3)c2n1. The molecule has 0 spiro atoms. The number of fused-ring (bicyclic) bond motifs is 1. The van der Waals surface area contributed by atoms with E-state index in [-0.39, 0.29) is 34.9 Å². The lowest BCUT2D eigenvalue weighted by molar-refractivity contribution is -0.223. The summed E-state index contributed by atoms with van der Waals surface area (Å²) in [5.41, 5.74) is -3.72. The van der Waals surface area contributed by atoms with Crippen molar-refractivity contribution < 1.29 is 50.5 Å². The van der Waals surface area contributed by atoms with Crippen LogP contribution in [-0.2, 0) is 17.6 Å². The third-order valence-electron chi connectivity index (χ3n) is 5.88. The van der Waals surface area contributed by atoms with Gasteiger partial charge in [-0.05, 0) is 43.7 Å². The van der Waals surface area contributed by atoms with E-state index < -0.39 is 41.2 Å².